The third-order valence-corrected chi connectivity index (χ3v) is 6.27. The molecule has 0 spiro atoms. The zero-order chi connectivity index (χ0) is 23.7. The van der Waals surface area contributed by atoms with Gasteiger partial charge in [-0.1, -0.05) is 20.8 Å². The Morgan fingerprint density at radius 2 is 1.73 bits per heavy atom. The molecule has 0 bridgehead atoms. The lowest BCUT2D eigenvalue weighted by atomic mass is 10.1. The lowest BCUT2D eigenvalue weighted by Crippen LogP contribution is -2.27. The molecule has 4 aromatic rings. The van der Waals surface area contributed by atoms with E-state index in [1.54, 1.807) is 11.7 Å². The van der Waals surface area contributed by atoms with Crippen LogP contribution in [0.4, 0.5) is 0 Å². The van der Waals surface area contributed by atoms with Crippen molar-refractivity contribution < 1.29 is 4.74 Å². The van der Waals surface area contributed by atoms with E-state index in [1.165, 1.54) is 0 Å². The summed E-state index contributed by atoms with van der Waals surface area (Å²) in [4.78, 5) is 27.5. The number of aromatic nitrogens is 5. The van der Waals surface area contributed by atoms with Crippen molar-refractivity contribution in [2.75, 3.05) is 13.7 Å². The van der Waals surface area contributed by atoms with E-state index in [0.29, 0.717) is 24.4 Å². The standard InChI is InChI=1S/C26H33N5O2/c1-7-17(15-33-6)30-13-12-22-24(30)11-10-21(28-22)18-14-23-25(29-19(18)8-2)31(16(4)5)26(32)20(9-3)27-23/h10-14,16-17H,7-9,15H2,1-6H3/t17-/m1/s1. The first-order valence-electron chi connectivity index (χ1n) is 11.8. The maximum Gasteiger partial charge on any atom is 0.274 e. The molecule has 0 aliphatic carbocycles. The van der Waals surface area contributed by atoms with Gasteiger partial charge in [0.2, 0.25) is 0 Å². The van der Waals surface area contributed by atoms with E-state index < -0.39 is 0 Å². The highest BCUT2D eigenvalue weighted by molar-refractivity contribution is 5.83. The first kappa shape index (κ1) is 23.1. The molecule has 33 heavy (non-hydrogen) atoms. The number of nitrogens with zero attached hydrogens (tertiary/aromatic N) is 5. The Morgan fingerprint density at radius 3 is 2.36 bits per heavy atom. The molecule has 174 valence electrons. The van der Waals surface area contributed by atoms with Crippen molar-refractivity contribution in [3.8, 4) is 11.3 Å². The van der Waals surface area contributed by atoms with Gasteiger partial charge in [-0.05, 0) is 57.4 Å². The van der Waals surface area contributed by atoms with Crippen molar-refractivity contribution in [2.45, 2.75) is 66.0 Å². The lowest BCUT2D eigenvalue weighted by molar-refractivity contribution is 0.155. The Balaban J connectivity index is 1.90. The minimum atomic E-state index is -0.0512. The first-order chi connectivity index (χ1) is 15.9. The van der Waals surface area contributed by atoms with Crippen LogP contribution >= 0.6 is 0 Å². The zero-order valence-electron chi connectivity index (χ0n) is 20.4. The van der Waals surface area contributed by atoms with Gasteiger partial charge in [-0.25, -0.2) is 15.0 Å². The van der Waals surface area contributed by atoms with Gasteiger partial charge >= 0.3 is 0 Å². The topological polar surface area (TPSA) is 74.8 Å². The van der Waals surface area contributed by atoms with E-state index in [2.05, 4.69) is 47.8 Å². The van der Waals surface area contributed by atoms with Gasteiger partial charge in [0.05, 0.1) is 35.1 Å². The molecule has 0 aliphatic rings. The molecule has 0 fully saturated rings. The summed E-state index contributed by atoms with van der Waals surface area (Å²) in [5, 5.41) is 0. The van der Waals surface area contributed by atoms with Crippen molar-refractivity contribution >= 4 is 22.2 Å². The van der Waals surface area contributed by atoms with Gasteiger partial charge in [-0.15, -0.1) is 0 Å². The Hall–Kier alpha value is -3.06. The summed E-state index contributed by atoms with van der Waals surface area (Å²) in [6.07, 6.45) is 4.39. The molecule has 0 amide bonds. The molecule has 0 saturated carbocycles. The molecule has 1 atom stereocenters. The average molecular weight is 448 g/mol. The van der Waals surface area contributed by atoms with Gasteiger partial charge in [0.15, 0.2) is 5.65 Å². The van der Waals surface area contributed by atoms with E-state index in [9.17, 15) is 4.79 Å². The summed E-state index contributed by atoms with van der Waals surface area (Å²) in [5.74, 6) is 0. The van der Waals surface area contributed by atoms with Crippen LogP contribution in [0, 0.1) is 0 Å². The molecule has 4 aromatic heterocycles. The van der Waals surface area contributed by atoms with E-state index >= 15 is 0 Å². The fourth-order valence-corrected chi connectivity index (χ4v) is 4.51. The molecule has 0 unspecified atom stereocenters. The van der Waals surface area contributed by atoms with Crippen molar-refractivity contribution in [3.63, 3.8) is 0 Å². The number of methoxy groups -OCH3 is 1. The van der Waals surface area contributed by atoms with E-state index in [1.807, 2.05) is 26.8 Å². The molecule has 0 saturated heterocycles. The summed E-state index contributed by atoms with van der Waals surface area (Å²) in [6.45, 7) is 10.9. The quantitative estimate of drug-likeness (QED) is 0.375. The monoisotopic (exact) mass is 447 g/mol. The number of fused-ring (bicyclic) bond motifs is 2. The molecule has 7 heteroatoms. The third kappa shape index (κ3) is 4.06. The second-order valence-electron chi connectivity index (χ2n) is 8.70. The van der Waals surface area contributed by atoms with Crippen LogP contribution in [-0.2, 0) is 17.6 Å². The Labute approximate surface area is 194 Å². The van der Waals surface area contributed by atoms with Gasteiger partial charge < -0.3 is 9.30 Å². The number of ether oxygens (including phenoxy) is 1. The SMILES string of the molecule is CCc1nc2c(cc1-c1ccc3c(ccn3[C@H](CC)COC)n1)nc(CC)c(=O)n2C(C)C. The molecule has 0 radical (unpaired) electrons. The summed E-state index contributed by atoms with van der Waals surface area (Å²) in [5.41, 5.74) is 6.68. The molecular weight excluding hydrogens is 414 g/mol. The minimum absolute atomic E-state index is 0.00390. The van der Waals surface area contributed by atoms with Crippen molar-refractivity contribution in [3.05, 3.63) is 52.2 Å². The molecule has 0 aromatic carbocycles. The van der Waals surface area contributed by atoms with Crippen molar-refractivity contribution in [1.29, 1.82) is 0 Å². The van der Waals surface area contributed by atoms with Gasteiger partial charge in [0.1, 0.15) is 11.2 Å². The predicted octanol–water partition coefficient (Wildman–Crippen LogP) is 5.11. The van der Waals surface area contributed by atoms with Gasteiger partial charge in [0, 0.05) is 24.9 Å². The fraction of sp³-hybridized carbons (Fsp3) is 0.462. The largest absolute Gasteiger partial charge is 0.383 e. The fourth-order valence-electron chi connectivity index (χ4n) is 4.51. The van der Waals surface area contributed by atoms with Gasteiger partial charge in [-0.2, -0.15) is 0 Å². The van der Waals surface area contributed by atoms with E-state index in [-0.39, 0.29) is 17.6 Å². The molecule has 7 nitrogen and oxygen atoms in total. The molecule has 4 heterocycles. The smallest absolute Gasteiger partial charge is 0.274 e. The zero-order valence-corrected chi connectivity index (χ0v) is 20.4. The summed E-state index contributed by atoms with van der Waals surface area (Å²) < 4.78 is 9.41. The van der Waals surface area contributed by atoms with Crippen LogP contribution in [0.1, 0.15) is 64.5 Å². The van der Waals surface area contributed by atoms with Crippen LogP contribution in [0.5, 0.6) is 0 Å². The summed E-state index contributed by atoms with van der Waals surface area (Å²) in [6, 6.07) is 8.56. The number of hydrogen-bond acceptors (Lipinski definition) is 5. The second-order valence-corrected chi connectivity index (χ2v) is 8.70. The minimum Gasteiger partial charge on any atom is -0.383 e. The maximum absolute atomic E-state index is 12.9. The van der Waals surface area contributed by atoms with Gasteiger partial charge in [-0.3, -0.25) is 9.36 Å². The van der Waals surface area contributed by atoms with Crippen molar-refractivity contribution in [1.82, 2.24) is 24.1 Å². The highest BCUT2D eigenvalue weighted by atomic mass is 16.5. The highest BCUT2D eigenvalue weighted by Gasteiger charge is 2.18. The Kier molecular flexibility index (Phi) is 6.61. The second kappa shape index (κ2) is 9.43. The molecule has 0 N–H and O–H groups in total. The number of hydrogen-bond donors (Lipinski definition) is 0. The van der Waals surface area contributed by atoms with Gasteiger partial charge in [0.25, 0.3) is 5.56 Å². The maximum atomic E-state index is 12.9. The van der Waals surface area contributed by atoms with Crippen LogP contribution in [0.2, 0.25) is 0 Å². The van der Waals surface area contributed by atoms with Crippen LogP contribution in [0.25, 0.3) is 33.5 Å². The summed E-state index contributed by atoms with van der Waals surface area (Å²) in [7, 11) is 1.74. The normalized spacial score (nSPS) is 12.8. The number of aryl methyl sites for hydroxylation is 2. The molecule has 4 rings (SSSR count). The number of rotatable bonds is 8. The molecule has 0 aliphatic heterocycles. The lowest BCUT2D eigenvalue weighted by Gasteiger charge is -2.18. The average Bonchev–Trinajstić information content (AvgIpc) is 3.24. The van der Waals surface area contributed by atoms with Crippen LogP contribution in [-0.4, -0.2) is 37.8 Å². The van der Waals surface area contributed by atoms with Crippen molar-refractivity contribution in [2.24, 2.45) is 0 Å². The number of pyridine rings is 2. The summed E-state index contributed by atoms with van der Waals surface area (Å²) >= 11 is 0. The van der Waals surface area contributed by atoms with E-state index in [4.69, 9.17) is 14.7 Å². The molecular formula is C26H33N5O2. The Bertz CT molecular complexity index is 1350. The third-order valence-electron chi connectivity index (χ3n) is 6.27. The highest BCUT2D eigenvalue weighted by Crippen LogP contribution is 2.29. The Morgan fingerprint density at radius 1 is 0.970 bits per heavy atom. The first-order valence-corrected chi connectivity index (χ1v) is 11.8. The van der Waals surface area contributed by atoms with E-state index in [0.717, 1.165) is 46.3 Å². The predicted molar refractivity (Wildman–Crippen MR) is 133 cm³/mol. The van der Waals surface area contributed by atoms with Crippen LogP contribution in [0.3, 0.4) is 0 Å². The van der Waals surface area contributed by atoms with Crippen LogP contribution < -0.4 is 5.56 Å². The van der Waals surface area contributed by atoms with Crippen LogP contribution in [0.15, 0.2) is 35.3 Å².